The van der Waals surface area contributed by atoms with E-state index in [1.165, 1.54) is 0 Å². The zero-order chi connectivity index (χ0) is 27.9. The van der Waals surface area contributed by atoms with E-state index in [2.05, 4.69) is 4.57 Å². The molecule has 0 spiro atoms. The van der Waals surface area contributed by atoms with Gasteiger partial charge in [-0.3, -0.25) is 9.59 Å². The Kier molecular flexibility index (Phi) is 7.33. The molecule has 1 atom stereocenters. The first-order valence-corrected chi connectivity index (χ1v) is 13.9. The van der Waals surface area contributed by atoms with Gasteiger partial charge in [0.15, 0.2) is 0 Å². The molecule has 5 rings (SSSR count). The van der Waals surface area contributed by atoms with Crippen LogP contribution in [0.25, 0.3) is 10.9 Å². The van der Waals surface area contributed by atoms with E-state index in [1.54, 1.807) is 6.07 Å². The van der Waals surface area contributed by atoms with Gasteiger partial charge in [-0.25, -0.2) is 4.79 Å². The summed E-state index contributed by atoms with van der Waals surface area (Å²) in [6, 6.07) is 13.6. The topological polar surface area (TPSA) is 97.9 Å². The second-order valence-corrected chi connectivity index (χ2v) is 11.6. The first kappa shape index (κ1) is 27.1. The number of ether oxygens (including phenoxy) is 1. The Bertz CT molecular complexity index is 1420. The third-order valence-corrected chi connectivity index (χ3v) is 8.64. The van der Waals surface area contributed by atoms with Crippen molar-refractivity contribution in [1.82, 2.24) is 9.47 Å². The van der Waals surface area contributed by atoms with Crippen molar-refractivity contribution in [3.63, 3.8) is 0 Å². The Morgan fingerprint density at radius 1 is 1.15 bits per heavy atom. The molecule has 2 aliphatic heterocycles. The molecule has 2 N–H and O–H groups in total. The highest BCUT2D eigenvalue weighted by atomic mass is 35.5. The number of para-hydroxylation sites is 1. The summed E-state index contributed by atoms with van der Waals surface area (Å²) in [5, 5.41) is 1.46. The largest absolute Gasteiger partial charge is 0.443 e. The molecule has 0 saturated carbocycles. The van der Waals surface area contributed by atoms with Crippen molar-refractivity contribution < 1.29 is 19.1 Å². The summed E-state index contributed by atoms with van der Waals surface area (Å²) in [6.45, 7) is 7.51. The fraction of sp³-hybridized carbons (Fsp3) is 0.433. The number of rotatable bonds is 7. The van der Waals surface area contributed by atoms with Crippen LogP contribution in [0.1, 0.15) is 56.0 Å². The van der Waals surface area contributed by atoms with Gasteiger partial charge in [0, 0.05) is 48.0 Å². The lowest BCUT2D eigenvalue weighted by atomic mass is 9.89. The van der Waals surface area contributed by atoms with E-state index in [0.29, 0.717) is 43.1 Å². The van der Waals surface area contributed by atoms with Gasteiger partial charge in [-0.05, 0) is 62.8 Å². The maximum Gasteiger partial charge on any atom is 0.405 e. The van der Waals surface area contributed by atoms with E-state index in [-0.39, 0.29) is 23.8 Å². The lowest BCUT2D eigenvalue weighted by Gasteiger charge is -2.37. The van der Waals surface area contributed by atoms with Crippen LogP contribution in [0.2, 0.25) is 5.02 Å². The second-order valence-electron chi connectivity index (χ2n) is 11.2. The van der Waals surface area contributed by atoms with Crippen molar-refractivity contribution in [2.24, 2.45) is 11.7 Å². The van der Waals surface area contributed by atoms with Gasteiger partial charge >= 0.3 is 6.09 Å². The molecular formula is C30H35ClN4O4. The predicted octanol–water partition coefficient (Wildman–Crippen LogP) is 5.39. The molecule has 8 nitrogen and oxygen atoms in total. The first-order valence-electron chi connectivity index (χ1n) is 13.5. The number of hydrogen-bond donors (Lipinski definition) is 1. The number of aromatic nitrogens is 1. The summed E-state index contributed by atoms with van der Waals surface area (Å²) in [5.41, 5.74) is 8.15. The number of piperidine rings is 1. The highest BCUT2D eigenvalue weighted by Gasteiger charge is 2.36. The van der Waals surface area contributed by atoms with Crippen molar-refractivity contribution in [2.75, 3.05) is 18.0 Å². The number of nitrogens with two attached hydrogens (primary N) is 1. The standard InChI is InChI=1S/C30H35ClN4O4/c1-19(30(2,3)39-29(32)38)10-13-34-18-24(23-9-8-21(31)17-26(23)34)28(37)33-14-11-22(12-15-33)35-25-7-5-4-6-20(25)16-27(35)36/h4-9,17-19,22H,10-16H2,1-3H3,(H2,32,38). The Morgan fingerprint density at radius 2 is 1.87 bits per heavy atom. The van der Waals surface area contributed by atoms with Crippen LogP contribution in [0.15, 0.2) is 48.7 Å². The number of benzene rings is 2. The number of nitrogens with zero attached hydrogens (tertiary/aromatic N) is 3. The van der Waals surface area contributed by atoms with Crippen molar-refractivity contribution >= 4 is 46.1 Å². The molecule has 2 aliphatic rings. The summed E-state index contributed by atoms with van der Waals surface area (Å²) in [7, 11) is 0. The van der Waals surface area contributed by atoms with Gasteiger partial charge < -0.3 is 24.8 Å². The molecular weight excluding hydrogens is 516 g/mol. The van der Waals surface area contributed by atoms with Gasteiger partial charge in [-0.15, -0.1) is 0 Å². The molecule has 0 bridgehead atoms. The number of likely N-dealkylation sites (tertiary alicyclic amines) is 1. The van der Waals surface area contributed by atoms with Gasteiger partial charge in [0.1, 0.15) is 5.60 Å². The molecule has 3 aromatic rings. The second kappa shape index (κ2) is 10.6. The van der Waals surface area contributed by atoms with Crippen LogP contribution < -0.4 is 10.6 Å². The van der Waals surface area contributed by atoms with E-state index in [9.17, 15) is 14.4 Å². The highest BCUT2D eigenvalue weighted by Crippen LogP contribution is 2.34. The van der Waals surface area contributed by atoms with Crippen LogP contribution in [0.4, 0.5) is 10.5 Å². The van der Waals surface area contributed by atoms with Crippen LogP contribution in [0.3, 0.4) is 0 Å². The zero-order valence-corrected chi connectivity index (χ0v) is 23.4. The highest BCUT2D eigenvalue weighted by molar-refractivity contribution is 6.31. The normalized spacial score (nSPS) is 17.0. The number of aryl methyl sites for hydroxylation is 1. The minimum atomic E-state index is -0.792. The maximum absolute atomic E-state index is 13.7. The summed E-state index contributed by atoms with van der Waals surface area (Å²) in [6.07, 6.45) is 3.75. The number of carbonyl (C=O) groups excluding carboxylic acids is 3. The van der Waals surface area contributed by atoms with Crippen molar-refractivity contribution in [3.05, 3.63) is 64.8 Å². The Hall–Kier alpha value is -3.52. The lowest BCUT2D eigenvalue weighted by molar-refractivity contribution is -0.118. The molecule has 3 heterocycles. The van der Waals surface area contributed by atoms with E-state index in [1.807, 2.05) is 73.2 Å². The summed E-state index contributed by atoms with van der Waals surface area (Å²) in [4.78, 5) is 41.7. The molecule has 1 saturated heterocycles. The van der Waals surface area contributed by atoms with Crippen LogP contribution in [0, 0.1) is 5.92 Å². The first-order chi connectivity index (χ1) is 18.5. The van der Waals surface area contributed by atoms with Crippen LogP contribution in [-0.4, -0.2) is 52.1 Å². The minimum Gasteiger partial charge on any atom is -0.443 e. The van der Waals surface area contributed by atoms with Gasteiger partial charge in [-0.1, -0.05) is 42.8 Å². The van der Waals surface area contributed by atoms with Crippen LogP contribution in [0.5, 0.6) is 0 Å². The third-order valence-electron chi connectivity index (χ3n) is 8.41. The molecule has 9 heteroatoms. The average Bonchev–Trinajstić information content (AvgIpc) is 3.42. The monoisotopic (exact) mass is 550 g/mol. The van der Waals surface area contributed by atoms with Gasteiger partial charge in [-0.2, -0.15) is 0 Å². The number of amides is 3. The number of fused-ring (bicyclic) bond motifs is 2. The van der Waals surface area contributed by atoms with Crippen LogP contribution in [-0.2, 0) is 22.5 Å². The van der Waals surface area contributed by atoms with E-state index in [0.717, 1.165) is 35.0 Å². The molecule has 0 radical (unpaired) electrons. The fourth-order valence-electron chi connectivity index (χ4n) is 5.84. The molecule has 39 heavy (non-hydrogen) atoms. The van der Waals surface area contributed by atoms with Gasteiger partial charge in [0.05, 0.1) is 17.5 Å². The van der Waals surface area contributed by atoms with E-state index < -0.39 is 11.7 Å². The SMILES string of the molecule is CC(CCn1cc(C(=O)N2CCC(N3C(=O)Cc4ccccc43)CC2)c2ccc(Cl)cc21)C(C)(C)OC(N)=O. The number of carbonyl (C=O) groups is 3. The lowest BCUT2D eigenvalue weighted by Crippen LogP contribution is -2.48. The van der Waals surface area contributed by atoms with Crippen LogP contribution >= 0.6 is 11.6 Å². The maximum atomic E-state index is 13.7. The molecule has 206 valence electrons. The molecule has 1 unspecified atom stereocenters. The number of anilines is 1. The molecule has 2 aromatic carbocycles. The smallest absolute Gasteiger partial charge is 0.405 e. The van der Waals surface area contributed by atoms with Crippen molar-refractivity contribution in [2.45, 2.75) is 64.6 Å². The average molecular weight is 551 g/mol. The minimum absolute atomic E-state index is 0.0156. The number of primary amides is 1. The van der Waals surface area contributed by atoms with Crippen molar-refractivity contribution in [1.29, 1.82) is 0 Å². The quantitative estimate of drug-likeness (QED) is 0.426. The van der Waals surface area contributed by atoms with Crippen molar-refractivity contribution in [3.8, 4) is 0 Å². The predicted molar refractivity (Wildman–Crippen MR) is 152 cm³/mol. The fourth-order valence-corrected chi connectivity index (χ4v) is 6.00. The van der Waals surface area contributed by atoms with E-state index in [4.69, 9.17) is 22.1 Å². The van der Waals surface area contributed by atoms with E-state index >= 15 is 0 Å². The van der Waals surface area contributed by atoms with Gasteiger partial charge in [0.25, 0.3) is 5.91 Å². The third kappa shape index (κ3) is 5.35. The Balaban J connectivity index is 1.31. The molecule has 1 aromatic heterocycles. The Labute approximate surface area is 233 Å². The zero-order valence-electron chi connectivity index (χ0n) is 22.7. The van der Waals surface area contributed by atoms with Gasteiger partial charge in [0.2, 0.25) is 5.91 Å². The summed E-state index contributed by atoms with van der Waals surface area (Å²) in [5.74, 6) is 0.149. The molecule has 3 amide bonds. The Morgan fingerprint density at radius 3 is 2.59 bits per heavy atom. The summed E-state index contributed by atoms with van der Waals surface area (Å²) < 4.78 is 7.37. The molecule has 0 aliphatic carbocycles. The molecule has 1 fully saturated rings. The number of halogens is 1. The summed E-state index contributed by atoms with van der Waals surface area (Å²) >= 11 is 6.33. The number of hydrogen-bond acceptors (Lipinski definition) is 4.